The smallest absolute Gasteiger partial charge is 0.255 e. The molecule has 144 valence electrons. The largest absolute Gasteiger partial charge is 0.393 e. The number of rotatable bonds is 3. The number of fused-ring (bicyclic) bond motifs is 1. The van der Waals surface area contributed by atoms with Crippen LogP contribution in [0.3, 0.4) is 0 Å². The normalized spacial score (nSPS) is 31.0. The van der Waals surface area contributed by atoms with Crippen molar-refractivity contribution in [2.24, 2.45) is 11.7 Å². The van der Waals surface area contributed by atoms with Crippen molar-refractivity contribution in [3.63, 3.8) is 0 Å². The highest BCUT2D eigenvalue weighted by Gasteiger charge is 2.39. The molecular weight excluding hydrogens is 346 g/mol. The Kier molecular flexibility index (Phi) is 4.74. The van der Waals surface area contributed by atoms with E-state index in [2.05, 4.69) is 5.32 Å². The first-order valence-corrected chi connectivity index (χ1v) is 9.62. The maximum absolute atomic E-state index is 12.7. The Labute approximate surface area is 157 Å². The van der Waals surface area contributed by atoms with E-state index in [1.807, 2.05) is 18.2 Å². The fraction of sp³-hybridized carbons (Fsp3) is 0.550. The quantitative estimate of drug-likeness (QED) is 0.669. The van der Waals surface area contributed by atoms with Crippen LogP contribution in [0, 0.1) is 5.92 Å². The lowest BCUT2D eigenvalue weighted by Crippen LogP contribution is -2.52. The number of carbonyl (C=O) groups excluding carboxylic acids is 3. The third kappa shape index (κ3) is 3.49. The second kappa shape index (κ2) is 7.05. The molecule has 0 aromatic heterocycles. The second-order valence-corrected chi connectivity index (χ2v) is 7.99. The predicted molar refractivity (Wildman–Crippen MR) is 97.5 cm³/mol. The topological polar surface area (TPSA) is 113 Å². The van der Waals surface area contributed by atoms with Gasteiger partial charge in [-0.2, -0.15) is 0 Å². The molecule has 4 rings (SSSR count). The molecule has 0 radical (unpaired) electrons. The lowest BCUT2D eigenvalue weighted by molar-refractivity contribution is -0.136. The summed E-state index contributed by atoms with van der Waals surface area (Å²) in [7, 11) is 0. The summed E-state index contributed by atoms with van der Waals surface area (Å²) in [4.78, 5) is 37.8. The van der Waals surface area contributed by atoms with Gasteiger partial charge in [-0.15, -0.1) is 0 Å². The number of hydrogen-bond donors (Lipinski definition) is 3. The van der Waals surface area contributed by atoms with Crippen molar-refractivity contribution < 1.29 is 19.5 Å². The first kappa shape index (κ1) is 18.1. The van der Waals surface area contributed by atoms with Gasteiger partial charge in [-0.25, -0.2) is 0 Å². The van der Waals surface area contributed by atoms with Crippen LogP contribution >= 0.6 is 0 Å². The Morgan fingerprint density at radius 3 is 2.74 bits per heavy atom. The number of piperidine rings is 1. The summed E-state index contributed by atoms with van der Waals surface area (Å²) >= 11 is 0. The van der Waals surface area contributed by atoms with Crippen molar-refractivity contribution in [2.75, 3.05) is 0 Å². The van der Waals surface area contributed by atoms with Gasteiger partial charge in [0.15, 0.2) is 0 Å². The Balaban J connectivity index is 1.48. The minimum absolute atomic E-state index is 0.0105. The third-order valence-corrected chi connectivity index (χ3v) is 6.11. The summed E-state index contributed by atoms with van der Waals surface area (Å²) in [6.07, 6.45) is 3.48. The van der Waals surface area contributed by atoms with Crippen LogP contribution < -0.4 is 11.1 Å². The summed E-state index contributed by atoms with van der Waals surface area (Å²) in [6.45, 7) is 0.393. The van der Waals surface area contributed by atoms with Crippen molar-refractivity contribution >= 4 is 17.7 Å². The summed E-state index contributed by atoms with van der Waals surface area (Å²) in [6, 6.07) is 5.24. The van der Waals surface area contributed by atoms with E-state index in [4.69, 9.17) is 5.73 Å². The van der Waals surface area contributed by atoms with E-state index >= 15 is 0 Å². The van der Waals surface area contributed by atoms with Gasteiger partial charge < -0.3 is 15.7 Å². The summed E-state index contributed by atoms with van der Waals surface area (Å²) in [5, 5.41) is 12.1. The van der Waals surface area contributed by atoms with Crippen molar-refractivity contribution in [3.8, 4) is 0 Å². The number of imide groups is 1. The number of benzene rings is 1. The van der Waals surface area contributed by atoms with Gasteiger partial charge in [0, 0.05) is 24.6 Å². The van der Waals surface area contributed by atoms with Crippen LogP contribution in [0.4, 0.5) is 0 Å². The second-order valence-electron chi connectivity index (χ2n) is 7.99. The molecule has 3 aliphatic rings. The van der Waals surface area contributed by atoms with Crippen molar-refractivity contribution in [1.82, 2.24) is 10.2 Å². The third-order valence-electron chi connectivity index (χ3n) is 6.11. The molecule has 1 saturated heterocycles. The van der Waals surface area contributed by atoms with E-state index in [9.17, 15) is 19.5 Å². The van der Waals surface area contributed by atoms with Crippen molar-refractivity contribution in [2.45, 2.75) is 63.3 Å². The summed E-state index contributed by atoms with van der Waals surface area (Å²) in [5.74, 6) is -0.491. The molecule has 7 nitrogen and oxygen atoms in total. The molecule has 1 aliphatic carbocycles. The zero-order valence-corrected chi connectivity index (χ0v) is 15.2. The van der Waals surface area contributed by atoms with E-state index in [1.54, 1.807) is 4.90 Å². The SMILES string of the molecule is N[C@H]1C[C@@H](O)CC[C@@H]1Cc1ccc2c(c1)CN(C1CCC(=O)NC1=O)C2=O. The van der Waals surface area contributed by atoms with E-state index < -0.39 is 6.04 Å². The highest BCUT2D eigenvalue weighted by molar-refractivity contribution is 6.05. The van der Waals surface area contributed by atoms with Gasteiger partial charge in [0.2, 0.25) is 11.8 Å². The zero-order valence-electron chi connectivity index (χ0n) is 15.2. The van der Waals surface area contributed by atoms with E-state index in [-0.39, 0.29) is 36.3 Å². The fourth-order valence-electron chi connectivity index (χ4n) is 4.56. The molecule has 2 aliphatic heterocycles. The lowest BCUT2D eigenvalue weighted by Gasteiger charge is -2.31. The van der Waals surface area contributed by atoms with E-state index in [0.717, 1.165) is 30.4 Å². The first-order chi connectivity index (χ1) is 12.9. The molecule has 1 unspecified atom stereocenters. The number of aliphatic hydroxyl groups excluding tert-OH is 1. The van der Waals surface area contributed by atoms with Crippen molar-refractivity contribution in [3.05, 3.63) is 34.9 Å². The zero-order chi connectivity index (χ0) is 19.1. The number of amides is 3. The summed E-state index contributed by atoms with van der Waals surface area (Å²) < 4.78 is 0. The van der Waals surface area contributed by atoms with Crippen LogP contribution in [0.1, 0.15) is 53.6 Å². The minimum Gasteiger partial charge on any atom is -0.393 e. The number of nitrogens with two attached hydrogens (primary N) is 1. The highest BCUT2D eigenvalue weighted by atomic mass is 16.3. The molecule has 1 aromatic rings. The predicted octanol–water partition coefficient (Wildman–Crippen LogP) is 0.478. The molecule has 27 heavy (non-hydrogen) atoms. The molecule has 0 spiro atoms. The standard InChI is InChI=1S/C20H25N3O4/c21-16-9-14(24)3-2-12(16)7-11-1-4-15-13(8-11)10-23(20(15)27)17-5-6-18(25)22-19(17)26/h1,4,8,12,14,16-17,24H,2-3,5-7,9-10,21H2,(H,22,25,26)/t12-,14+,16+,17?/m1/s1. The molecular formula is C20H25N3O4. The Morgan fingerprint density at radius 2 is 2.00 bits per heavy atom. The summed E-state index contributed by atoms with van der Waals surface area (Å²) in [5.41, 5.74) is 8.89. The number of nitrogens with zero attached hydrogens (tertiary/aromatic N) is 1. The van der Waals surface area contributed by atoms with Gasteiger partial charge in [-0.3, -0.25) is 19.7 Å². The van der Waals surface area contributed by atoms with Gasteiger partial charge in [0.25, 0.3) is 5.91 Å². The Hall–Kier alpha value is -2.25. The van der Waals surface area contributed by atoms with Gasteiger partial charge in [0.05, 0.1) is 6.10 Å². The van der Waals surface area contributed by atoms with Gasteiger partial charge in [-0.1, -0.05) is 12.1 Å². The molecule has 1 saturated carbocycles. The van der Waals surface area contributed by atoms with Gasteiger partial charge in [-0.05, 0) is 55.2 Å². The minimum atomic E-state index is -0.584. The molecule has 7 heteroatoms. The van der Waals surface area contributed by atoms with E-state index in [1.165, 1.54) is 0 Å². The van der Waals surface area contributed by atoms with Crippen LogP contribution in [0.15, 0.2) is 18.2 Å². The number of aliphatic hydroxyl groups is 1. The maximum Gasteiger partial charge on any atom is 0.255 e. The average Bonchev–Trinajstić information content (AvgIpc) is 2.93. The number of nitrogens with one attached hydrogen (secondary N) is 1. The molecule has 3 amide bonds. The van der Waals surface area contributed by atoms with Crippen LogP contribution in [0.25, 0.3) is 0 Å². The molecule has 2 fully saturated rings. The van der Waals surface area contributed by atoms with Crippen LogP contribution in [-0.4, -0.2) is 45.9 Å². The Bertz CT molecular complexity index is 793. The monoisotopic (exact) mass is 371 g/mol. The first-order valence-electron chi connectivity index (χ1n) is 9.62. The number of carbonyl (C=O) groups is 3. The van der Waals surface area contributed by atoms with Gasteiger partial charge >= 0.3 is 0 Å². The molecule has 2 heterocycles. The molecule has 0 bridgehead atoms. The maximum atomic E-state index is 12.7. The molecule has 4 N–H and O–H groups in total. The average molecular weight is 371 g/mol. The van der Waals surface area contributed by atoms with E-state index in [0.29, 0.717) is 30.9 Å². The Morgan fingerprint density at radius 1 is 1.19 bits per heavy atom. The van der Waals surface area contributed by atoms with Crippen LogP contribution in [-0.2, 0) is 22.6 Å². The molecule has 4 atom stereocenters. The number of hydrogen-bond acceptors (Lipinski definition) is 5. The van der Waals surface area contributed by atoms with Gasteiger partial charge in [0.1, 0.15) is 6.04 Å². The van der Waals surface area contributed by atoms with Crippen LogP contribution in [0.2, 0.25) is 0 Å². The molecule has 1 aromatic carbocycles. The van der Waals surface area contributed by atoms with Crippen LogP contribution in [0.5, 0.6) is 0 Å². The fourth-order valence-corrected chi connectivity index (χ4v) is 4.56. The highest BCUT2D eigenvalue weighted by Crippen LogP contribution is 2.31. The van der Waals surface area contributed by atoms with Crippen molar-refractivity contribution in [1.29, 1.82) is 0 Å². The lowest BCUT2D eigenvalue weighted by atomic mass is 9.80.